The molecule has 0 aliphatic carbocycles. The molecule has 0 amide bonds. The van der Waals surface area contributed by atoms with Crippen molar-refractivity contribution >= 4 is 30.6 Å². The summed E-state index contributed by atoms with van der Waals surface area (Å²) in [6, 6.07) is 0. The minimum Gasteiger partial charge on any atom is -0.298 e. The first-order valence-electron chi connectivity index (χ1n) is 3.61. The smallest absolute Gasteiger partial charge is 0.149 e. The Kier molecular flexibility index (Phi) is 4.37. The maximum atomic E-state index is 11.0. The van der Waals surface area contributed by atoms with Crippen molar-refractivity contribution in [2.45, 2.75) is 12.8 Å². The third kappa shape index (κ3) is 2.08. The van der Waals surface area contributed by atoms with Gasteiger partial charge in [-0.1, -0.05) is 0 Å². The van der Waals surface area contributed by atoms with Gasteiger partial charge in [-0.2, -0.15) is 0 Å². The number of rotatable bonds is 0. The number of hydrogen-bond donors (Lipinski definition) is 0. The van der Waals surface area contributed by atoms with Crippen LogP contribution in [0.5, 0.6) is 0 Å². The highest BCUT2D eigenvalue weighted by Crippen LogP contribution is 2.23. The fourth-order valence-corrected chi connectivity index (χ4v) is 1.76. The number of nitrogens with zero attached hydrogens (tertiary/aromatic N) is 1. The molecule has 0 N–H and O–H groups in total. The van der Waals surface area contributed by atoms with Crippen molar-refractivity contribution in [1.29, 1.82) is 0 Å². The summed E-state index contributed by atoms with van der Waals surface area (Å²) in [5.41, 5.74) is 0. The summed E-state index contributed by atoms with van der Waals surface area (Å²) in [5, 5.41) is 0. The first-order valence-corrected chi connectivity index (χ1v) is 3.61. The molecule has 11 heavy (non-hydrogen) atoms. The summed E-state index contributed by atoms with van der Waals surface area (Å²) in [6.45, 7) is 3.07. The third-order valence-corrected chi connectivity index (χ3v) is 2.42. The van der Waals surface area contributed by atoms with Crippen LogP contribution in [0.25, 0.3) is 0 Å². The Hall–Kier alpha value is 0.210. The first-order chi connectivity index (χ1) is 4.36. The van der Waals surface area contributed by atoms with Crippen molar-refractivity contribution in [2.75, 3.05) is 19.6 Å². The predicted molar refractivity (Wildman–Crippen MR) is 48.7 cm³/mol. The van der Waals surface area contributed by atoms with Gasteiger partial charge in [0.1, 0.15) is 5.78 Å². The summed E-state index contributed by atoms with van der Waals surface area (Å²) in [7, 11) is 0. The fourth-order valence-electron chi connectivity index (χ4n) is 1.76. The molecule has 66 valence electrons. The molecule has 0 aromatic heterocycles. The van der Waals surface area contributed by atoms with Gasteiger partial charge in [-0.25, -0.2) is 0 Å². The van der Waals surface area contributed by atoms with Gasteiger partial charge in [-0.15, -0.1) is 24.8 Å². The second-order valence-electron chi connectivity index (χ2n) is 3.02. The van der Waals surface area contributed by atoms with Gasteiger partial charge in [0.25, 0.3) is 0 Å². The van der Waals surface area contributed by atoms with Crippen LogP contribution in [0.15, 0.2) is 0 Å². The molecule has 0 atom stereocenters. The van der Waals surface area contributed by atoms with Crippen LogP contribution in [0.3, 0.4) is 0 Å². The van der Waals surface area contributed by atoms with Gasteiger partial charge in [0.2, 0.25) is 0 Å². The second kappa shape index (κ2) is 4.29. The van der Waals surface area contributed by atoms with Gasteiger partial charge < -0.3 is 0 Å². The predicted octanol–water partition coefficient (Wildman–Crippen LogP) is 1.12. The Labute approximate surface area is 79.1 Å². The summed E-state index contributed by atoms with van der Waals surface area (Å²) in [5.74, 6) is 0.919. The monoisotopic (exact) mass is 197 g/mol. The van der Waals surface area contributed by atoms with Crippen LogP contribution >= 0.6 is 24.8 Å². The van der Waals surface area contributed by atoms with E-state index in [1.165, 1.54) is 0 Å². The van der Waals surface area contributed by atoms with Crippen LogP contribution < -0.4 is 0 Å². The number of carbonyl (C=O) groups is 1. The minimum atomic E-state index is 0. The van der Waals surface area contributed by atoms with Crippen molar-refractivity contribution in [3.63, 3.8) is 0 Å². The molecule has 0 aromatic carbocycles. The van der Waals surface area contributed by atoms with Gasteiger partial charge in [-0.3, -0.25) is 9.69 Å². The maximum Gasteiger partial charge on any atom is 0.149 e. The van der Waals surface area contributed by atoms with Crippen molar-refractivity contribution in [1.82, 2.24) is 4.90 Å². The van der Waals surface area contributed by atoms with Crippen LogP contribution in [-0.2, 0) is 4.79 Å². The standard InChI is InChI=1S/C7H11NO.2ClH/c9-7-5-8-3-1-6(7)2-4-8;;/h6H,1-5H2;2*1H. The summed E-state index contributed by atoms with van der Waals surface area (Å²) >= 11 is 0. The molecule has 3 fully saturated rings. The number of Topliss-reactive ketones (excluding diaryl/α,β-unsaturated/α-hetero) is 1. The molecule has 3 rings (SSSR count). The number of fused-ring (bicyclic) bond motifs is 3. The highest BCUT2D eigenvalue weighted by Gasteiger charge is 2.31. The summed E-state index contributed by atoms with van der Waals surface area (Å²) in [4.78, 5) is 13.3. The SMILES string of the molecule is Cl.Cl.O=C1CN2CCC1CC2. The zero-order valence-corrected chi connectivity index (χ0v) is 7.92. The van der Waals surface area contributed by atoms with E-state index in [0.29, 0.717) is 11.7 Å². The Morgan fingerprint density at radius 2 is 1.73 bits per heavy atom. The van der Waals surface area contributed by atoms with E-state index in [-0.39, 0.29) is 24.8 Å². The van der Waals surface area contributed by atoms with Gasteiger partial charge in [0.15, 0.2) is 0 Å². The van der Waals surface area contributed by atoms with E-state index >= 15 is 0 Å². The third-order valence-electron chi connectivity index (χ3n) is 2.42. The van der Waals surface area contributed by atoms with Crippen LogP contribution in [0.4, 0.5) is 0 Å². The van der Waals surface area contributed by atoms with E-state index in [4.69, 9.17) is 0 Å². The minimum absolute atomic E-state index is 0. The molecule has 3 aliphatic heterocycles. The molecule has 0 spiro atoms. The molecular formula is C7H13Cl2NO. The lowest BCUT2D eigenvalue weighted by atomic mass is 9.87. The molecule has 3 heterocycles. The zero-order valence-electron chi connectivity index (χ0n) is 6.28. The Morgan fingerprint density at radius 1 is 1.18 bits per heavy atom. The molecule has 2 nitrogen and oxygen atoms in total. The molecule has 3 aliphatic rings. The molecule has 0 radical (unpaired) electrons. The van der Waals surface area contributed by atoms with Gasteiger partial charge in [0.05, 0.1) is 6.54 Å². The molecule has 0 saturated carbocycles. The molecule has 4 heteroatoms. The lowest BCUT2D eigenvalue weighted by Gasteiger charge is -2.37. The first kappa shape index (κ1) is 11.2. The second-order valence-corrected chi connectivity index (χ2v) is 3.02. The average molecular weight is 198 g/mol. The van der Waals surface area contributed by atoms with Crippen molar-refractivity contribution in [3.05, 3.63) is 0 Å². The normalized spacial score (nSPS) is 34.0. The lowest BCUT2D eigenvalue weighted by molar-refractivity contribution is -0.130. The van der Waals surface area contributed by atoms with Crippen LogP contribution in [0, 0.1) is 5.92 Å². The van der Waals surface area contributed by atoms with Crippen LogP contribution in [0.1, 0.15) is 12.8 Å². The van der Waals surface area contributed by atoms with Gasteiger partial charge in [-0.05, 0) is 25.9 Å². The quantitative estimate of drug-likeness (QED) is 0.581. The number of ketones is 1. The molecule has 2 bridgehead atoms. The summed E-state index contributed by atoms with van der Waals surface area (Å²) in [6.07, 6.45) is 2.25. The Bertz CT molecular complexity index is 143. The van der Waals surface area contributed by atoms with Crippen molar-refractivity contribution in [2.24, 2.45) is 5.92 Å². The number of carbonyl (C=O) groups excluding carboxylic acids is 1. The summed E-state index contributed by atoms with van der Waals surface area (Å²) < 4.78 is 0. The highest BCUT2D eigenvalue weighted by molar-refractivity contribution is 5.85. The molecule has 0 aromatic rings. The van der Waals surface area contributed by atoms with Crippen molar-refractivity contribution < 1.29 is 4.79 Å². The Morgan fingerprint density at radius 3 is 1.91 bits per heavy atom. The maximum absolute atomic E-state index is 11.0. The van der Waals surface area contributed by atoms with E-state index in [0.717, 1.165) is 32.5 Å². The number of hydrogen-bond acceptors (Lipinski definition) is 2. The molecular weight excluding hydrogens is 185 g/mol. The topological polar surface area (TPSA) is 20.3 Å². The van der Waals surface area contributed by atoms with E-state index in [1.54, 1.807) is 0 Å². The molecule has 0 unspecified atom stereocenters. The van der Waals surface area contributed by atoms with Crippen LogP contribution in [-0.4, -0.2) is 30.3 Å². The van der Waals surface area contributed by atoms with E-state index in [9.17, 15) is 4.79 Å². The van der Waals surface area contributed by atoms with E-state index in [2.05, 4.69) is 4.90 Å². The van der Waals surface area contributed by atoms with Crippen molar-refractivity contribution in [3.8, 4) is 0 Å². The molecule has 3 saturated heterocycles. The van der Waals surface area contributed by atoms with Gasteiger partial charge in [0, 0.05) is 5.92 Å². The number of piperidine rings is 3. The van der Waals surface area contributed by atoms with Gasteiger partial charge >= 0.3 is 0 Å². The fraction of sp³-hybridized carbons (Fsp3) is 0.857. The highest BCUT2D eigenvalue weighted by atomic mass is 35.5. The largest absolute Gasteiger partial charge is 0.298 e. The van der Waals surface area contributed by atoms with E-state index < -0.39 is 0 Å². The van der Waals surface area contributed by atoms with E-state index in [1.807, 2.05) is 0 Å². The zero-order chi connectivity index (χ0) is 6.27. The lowest BCUT2D eigenvalue weighted by Crippen LogP contribution is -2.47. The average Bonchev–Trinajstić information content (AvgIpc) is 1.90. The Balaban J connectivity index is 0.000000500. The number of halogens is 2. The van der Waals surface area contributed by atoms with Crippen LogP contribution in [0.2, 0.25) is 0 Å².